The summed E-state index contributed by atoms with van der Waals surface area (Å²) in [4.78, 5) is 12.5. The number of rotatable bonds is 6. The van der Waals surface area contributed by atoms with E-state index in [1.54, 1.807) is 25.1 Å². The quantitative estimate of drug-likeness (QED) is 0.782. The van der Waals surface area contributed by atoms with Crippen LogP contribution < -0.4 is 15.8 Å². The largest absolute Gasteiger partial charge is 0.494 e. The second-order valence-electron chi connectivity index (χ2n) is 6.63. The van der Waals surface area contributed by atoms with E-state index < -0.39 is 0 Å². The Labute approximate surface area is 165 Å². The molecule has 0 unspecified atom stereocenters. The average molecular weight is 395 g/mol. The van der Waals surface area contributed by atoms with Crippen LogP contribution in [0, 0.1) is 5.92 Å². The smallest absolute Gasteiger partial charge is 0.223 e. The summed E-state index contributed by atoms with van der Waals surface area (Å²) in [6, 6.07) is 7.68. The van der Waals surface area contributed by atoms with Crippen LogP contribution in [0.25, 0.3) is 5.69 Å². The second kappa shape index (κ2) is 9.73. The maximum atomic E-state index is 12.5. The zero-order valence-corrected chi connectivity index (χ0v) is 16.4. The van der Waals surface area contributed by atoms with E-state index in [2.05, 4.69) is 10.4 Å². The van der Waals surface area contributed by atoms with Crippen molar-refractivity contribution >= 4 is 18.3 Å². The first kappa shape index (κ1) is 21.2. The van der Waals surface area contributed by atoms with Crippen LogP contribution in [0.15, 0.2) is 36.7 Å². The minimum atomic E-state index is -0.0518. The van der Waals surface area contributed by atoms with Crippen molar-refractivity contribution in [2.24, 2.45) is 11.7 Å². The van der Waals surface area contributed by atoms with Gasteiger partial charge in [-0.25, -0.2) is 4.68 Å². The summed E-state index contributed by atoms with van der Waals surface area (Å²) in [7, 11) is 3.28. The van der Waals surface area contributed by atoms with Crippen molar-refractivity contribution in [3.8, 4) is 11.4 Å². The molecule has 1 saturated carbocycles. The zero-order valence-electron chi connectivity index (χ0n) is 15.6. The monoisotopic (exact) mass is 394 g/mol. The number of aromatic nitrogens is 2. The fraction of sp³-hybridized carbons (Fsp3) is 0.474. The molecule has 0 aliphatic heterocycles. The number of hydrogen-bond acceptors (Lipinski definition) is 5. The first-order chi connectivity index (χ1) is 12.6. The lowest BCUT2D eigenvalue weighted by Gasteiger charge is -2.32. The Bertz CT molecular complexity index is 752. The van der Waals surface area contributed by atoms with Crippen molar-refractivity contribution < 1.29 is 14.3 Å². The van der Waals surface area contributed by atoms with Gasteiger partial charge in [0.25, 0.3) is 0 Å². The highest BCUT2D eigenvalue weighted by atomic mass is 35.5. The predicted octanol–water partition coefficient (Wildman–Crippen LogP) is 2.06. The standard InChI is InChI=1S/C19H26N4O3.ClH/c1-25-17-6-4-3-5-16(17)23-12-13(11-22-23)10-21-19(24)14-7-8-15(20)18(9-14)26-2;/h3-6,11-12,14-15,18H,7-10,20H2,1-2H3,(H,21,24);1H/t14-,15+,18+;/m0./s1. The van der Waals surface area contributed by atoms with E-state index in [9.17, 15) is 4.79 Å². The van der Waals surface area contributed by atoms with Crippen LogP contribution in [0.5, 0.6) is 5.75 Å². The van der Waals surface area contributed by atoms with Gasteiger partial charge in [-0.05, 0) is 31.4 Å². The van der Waals surface area contributed by atoms with Gasteiger partial charge in [-0.3, -0.25) is 4.79 Å². The second-order valence-corrected chi connectivity index (χ2v) is 6.63. The van der Waals surface area contributed by atoms with Crippen LogP contribution in [0.1, 0.15) is 24.8 Å². The highest BCUT2D eigenvalue weighted by Crippen LogP contribution is 2.26. The summed E-state index contributed by atoms with van der Waals surface area (Å²) >= 11 is 0. The molecule has 3 rings (SSSR count). The van der Waals surface area contributed by atoms with Gasteiger partial charge in [0.15, 0.2) is 0 Å². The number of halogens is 1. The molecule has 1 aliphatic carbocycles. The molecule has 1 aliphatic rings. The Morgan fingerprint density at radius 2 is 2.11 bits per heavy atom. The van der Waals surface area contributed by atoms with Crippen LogP contribution in [-0.2, 0) is 16.1 Å². The number of nitrogens with zero attached hydrogens (tertiary/aromatic N) is 2. The highest BCUT2D eigenvalue weighted by Gasteiger charge is 2.31. The number of para-hydroxylation sites is 2. The Morgan fingerprint density at radius 1 is 1.33 bits per heavy atom. The van der Waals surface area contributed by atoms with Gasteiger partial charge in [0.1, 0.15) is 11.4 Å². The number of carbonyl (C=O) groups is 1. The molecule has 3 N–H and O–H groups in total. The summed E-state index contributed by atoms with van der Waals surface area (Å²) in [6.45, 7) is 0.439. The van der Waals surface area contributed by atoms with E-state index in [0.29, 0.717) is 13.0 Å². The molecule has 27 heavy (non-hydrogen) atoms. The van der Waals surface area contributed by atoms with Crippen LogP contribution in [0.2, 0.25) is 0 Å². The Morgan fingerprint density at radius 3 is 2.85 bits per heavy atom. The summed E-state index contributed by atoms with van der Waals surface area (Å²) in [5.74, 6) is 0.739. The van der Waals surface area contributed by atoms with E-state index in [-0.39, 0.29) is 36.4 Å². The van der Waals surface area contributed by atoms with Crippen molar-refractivity contribution in [3.63, 3.8) is 0 Å². The Balaban J connectivity index is 0.00000261. The highest BCUT2D eigenvalue weighted by molar-refractivity contribution is 5.85. The van der Waals surface area contributed by atoms with Gasteiger partial charge >= 0.3 is 0 Å². The SMILES string of the molecule is COc1ccccc1-n1cc(CNC(=O)[C@H]2CC[C@@H](N)[C@H](OC)C2)cn1.Cl. The molecule has 0 bridgehead atoms. The minimum absolute atomic E-state index is 0. The molecule has 8 heteroatoms. The molecule has 1 fully saturated rings. The number of methoxy groups -OCH3 is 2. The van der Waals surface area contributed by atoms with E-state index in [1.807, 2.05) is 30.5 Å². The average Bonchev–Trinajstić information content (AvgIpc) is 3.15. The normalized spacial score (nSPS) is 22.0. The number of benzene rings is 1. The van der Waals surface area contributed by atoms with Gasteiger partial charge in [0, 0.05) is 37.4 Å². The molecule has 1 amide bonds. The first-order valence-electron chi connectivity index (χ1n) is 8.85. The molecule has 7 nitrogen and oxygen atoms in total. The van der Waals surface area contributed by atoms with E-state index in [4.69, 9.17) is 15.2 Å². The number of amides is 1. The summed E-state index contributed by atoms with van der Waals surface area (Å²) in [5.41, 5.74) is 7.81. The molecular formula is C19H27ClN4O3. The molecule has 3 atom stereocenters. The van der Waals surface area contributed by atoms with Gasteiger partial charge in [0.2, 0.25) is 5.91 Å². The maximum Gasteiger partial charge on any atom is 0.223 e. The van der Waals surface area contributed by atoms with Gasteiger partial charge < -0.3 is 20.5 Å². The van der Waals surface area contributed by atoms with Crippen LogP contribution in [0.3, 0.4) is 0 Å². The summed E-state index contributed by atoms with van der Waals surface area (Å²) < 4.78 is 12.5. The Kier molecular flexibility index (Phi) is 7.65. The van der Waals surface area contributed by atoms with Gasteiger partial charge in [-0.1, -0.05) is 12.1 Å². The Hall–Kier alpha value is -2.09. The van der Waals surface area contributed by atoms with E-state index in [0.717, 1.165) is 29.8 Å². The van der Waals surface area contributed by atoms with Crippen LogP contribution >= 0.6 is 12.4 Å². The topological polar surface area (TPSA) is 91.4 Å². The molecule has 0 saturated heterocycles. The molecular weight excluding hydrogens is 368 g/mol. The molecule has 0 spiro atoms. The number of hydrogen-bond donors (Lipinski definition) is 2. The third-order valence-electron chi connectivity index (χ3n) is 4.95. The summed E-state index contributed by atoms with van der Waals surface area (Å²) in [5, 5.41) is 7.37. The van der Waals surface area contributed by atoms with Crippen LogP contribution in [0.4, 0.5) is 0 Å². The number of nitrogens with one attached hydrogen (secondary N) is 1. The molecule has 148 valence electrons. The molecule has 1 aromatic heterocycles. The molecule has 2 aromatic rings. The van der Waals surface area contributed by atoms with E-state index >= 15 is 0 Å². The van der Waals surface area contributed by atoms with Crippen molar-refractivity contribution in [3.05, 3.63) is 42.2 Å². The lowest BCUT2D eigenvalue weighted by atomic mass is 9.83. The van der Waals surface area contributed by atoms with Crippen molar-refractivity contribution in [2.45, 2.75) is 38.0 Å². The number of carbonyl (C=O) groups excluding carboxylic acids is 1. The summed E-state index contributed by atoms with van der Waals surface area (Å²) in [6.07, 6.45) is 5.88. The van der Waals surface area contributed by atoms with Gasteiger partial charge in [-0.15, -0.1) is 12.4 Å². The first-order valence-corrected chi connectivity index (χ1v) is 8.85. The van der Waals surface area contributed by atoms with Crippen molar-refractivity contribution in [2.75, 3.05) is 14.2 Å². The minimum Gasteiger partial charge on any atom is -0.494 e. The molecule has 1 heterocycles. The molecule has 0 radical (unpaired) electrons. The maximum absolute atomic E-state index is 12.5. The van der Waals surface area contributed by atoms with Gasteiger partial charge in [0.05, 0.1) is 19.4 Å². The fourth-order valence-corrected chi connectivity index (χ4v) is 3.40. The predicted molar refractivity (Wildman–Crippen MR) is 105 cm³/mol. The van der Waals surface area contributed by atoms with Crippen molar-refractivity contribution in [1.29, 1.82) is 0 Å². The van der Waals surface area contributed by atoms with Crippen molar-refractivity contribution in [1.82, 2.24) is 15.1 Å². The lowest BCUT2D eigenvalue weighted by molar-refractivity contribution is -0.128. The third kappa shape index (κ3) is 5.00. The lowest BCUT2D eigenvalue weighted by Crippen LogP contribution is -2.45. The number of ether oxygens (including phenoxy) is 2. The zero-order chi connectivity index (χ0) is 18.5. The fourth-order valence-electron chi connectivity index (χ4n) is 3.40. The third-order valence-corrected chi connectivity index (χ3v) is 4.95. The van der Waals surface area contributed by atoms with E-state index in [1.165, 1.54) is 0 Å². The van der Waals surface area contributed by atoms with Gasteiger partial charge in [-0.2, -0.15) is 5.10 Å². The van der Waals surface area contributed by atoms with Crippen LogP contribution in [-0.4, -0.2) is 42.1 Å². The molecule has 1 aromatic carbocycles. The number of nitrogens with two attached hydrogens (primary N) is 1.